The molecular formula is C29H32N2O6. The number of nitrogens with zero attached hydrogens (tertiary/aromatic N) is 2. The number of hydrogen-bond donors (Lipinski definition) is 0. The summed E-state index contributed by atoms with van der Waals surface area (Å²) in [6.45, 7) is 6.51. The number of rotatable bonds is 6. The summed E-state index contributed by atoms with van der Waals surface area (Å²) in [6.07, 6.45) is 2.68. The second-order valence-corrected chi connectivity index (χ2v) is 10.2. The number of carbonyl (C=O) groups is 2. The van der Waals surface area contributed by atoms with Gasteiger partial charge in [-0.3, -0.25) is 9.59 Å². The zero-order chi connectivity index (χ0) is 26.0. The Morgan fingerprint density at radius 3 is 2.30 bits per heavy atom. The molecule has 0 bridgehead atoms. The molecule has 3 aromatic rings. The monoisotopic (exact) mass is 504 g/mol. The van der Waals surface area contributed by atoms with E-state index < -0.39 is 5.63 Å². The fourth-order valence-electron chi connectivity index (χ4n) is 5.37. The molecule has 194 valence electrons. The Hall–Kier alpha value is -3.81. The molecule has 2 aliphatic heterocycles. The van der Waals surface area contributed by atoms with Gasteiger partial charge in [0.1, 0.15) is 17.1 Å². The summed E-state index contributed by atoms with van der Waals surface area (Å²) in [5.41, 5.74) is 1.93. The van der Waals surface area contributed by atoms with Gasteiger partial charge in [0.2, 0.25) is 0 Å². The van der Waals surface area contributed by atoms with E-state index in [9.17, 15) is 14.4 Å². The molecule has 3 heterocycles. The van der Waals surface area contributed by atoms with Crippen molar-refractivity contribution in [2.45, 2.75) is 33.1 Å². The summed E-state index contributed by atoms with van der Waals surface area (Å²) in [7, 11) is 0. The molecule has 0 atom stereocenters. The van der Waals surface area contributed by atoms with Crippen molar-refractivity contribution in [2.24, 2.45) is 5.41 Å². The van der Waals surface area contributed by atoms with Gasteiger partial charge in [0.15, 0.2) is 13.2 Å². The first-order valence-electron chi connectivity index (χ1n) is 12.7. The fraction of sp³-hybridized carbons (Fsp3) is 0.414. The van der Waals surface area contributed by atoms with Crippen molar-refractivity contribution >= 4 is 22.8 Å². The van der Waals surface area contributed by atoms with Crippen LogP contribution in [0.15, 0.2) is 57.7 Å². The Morgan fingerprint density at radius 2 is 1.54 bits per heavy atom. The molecule has 8 nitrogen and oxygen atoms in total. The number of amides is 2. The Morgan fingerprint density at radius 1 is 0.865 bits per heavy atom. The summed E-state index contributed by atoms with van der Waals surface area (Å²) in [5, 5.41) is 0.839. The molecule has 37 heavy (non-hydrogen) atoms. The van der Waals surface area contributed by atoms with E-state index in [2.05, 4.69) is 0 Å². The molecule has 2 aliphatic rings. The molecule has 8 heteroatoms. The van der Waals surface area contributed by atoms with Crippen LogP contribution in [0.1, 0.15) is 30.4 Å². The Bertz CT molecular complexity index is 1370. The maximum atomic E-state index is 12.9. The highest BCUT2D eigenvalue weighted by molar-refractivity contribution is 5.82. The average Bonchev–Trinajstić information content (AvgIpc) is 3.30. The van der Waals surface area contributed by atoms with Crippen LogP contribution in [0.5, 0.6) is 11.5 Å². The zero-order valence-electron chi connectivity index (χ0n) is 21.3. The van der Waals surface area contributed by atoms with E-state index in [0.717, 1.165) is 41.5 Å². The third-order valence-electron chi connectivity index (χ3n) is 7.70. The van der Waals surface area contributed by atoms with Gasteiger partial charge in [-0.25, -0.2) is 4.79 Å². The summed E-state index contributed by atoms with van der Waals surface area (Å²) in [6, 6.07) is 14.4. The third kappa shape index (κ3) is 5.48. The normalized spacial score (nSPS) is 16.8. The van der Waals surface area contributed by atoms with Gasteiger partial charge < -0.3 is 23.7 Å². The molecule has 1 spiro atoms. The molecule has 2 saturated heterocycles. The molecule has 0 saturated carbocycles. The average molecular weight is 505 g/mol. The van der Waals surface area contributed by atoms with E-state index >= 15 is 0 Å². The first kappa shape index (κ1) is 24.9. The number of ether oxygens (including phenoxy) is 2. The largest absolute Gasteiger partial charge is 0.484 e. The summed E-state index contributed by atoms with van der Waals surface area (Å²) in [5.74, 6) is 1.16. The lowest BCUT2D eigenvalue weighted by Gasteiger charge is -2.39. The highest BCUT2D eigenvalue weighted by Crippen LogP contribution is 2.40. The van der Waals surface area contributed by atoms with Crippen LogP contribution >= 0.6 is 0 Å². The van der Waals surface area contributed by atoms with E-state index in [0.29, 0.717) is 37.5 Å². The van der Waals surface area contributed by atoms with Gasteiger partial charge in [-0.15, -0.1) is 0 Å². The molecule has 0 radical (unpaired) electrons. The maximum absolute atomic E-state index is 12.9. The molecule has 2 fully saturated rings. The van der Waals surface area contributed by atoms with Gasteiger partial charge >= 0.3 is 5.63 Å². The molecule has 2 amide bonds. The van der Waals surface area contributed by atoms with Crippen LogP contribution in [-0.2, 0) is 9.59 Å². The van der Waals surface area contributed by atoms with Crippen LogP contribution in [0.2, 0.25) is 0 Å². The first-order valence-corrected chi connectivity index (χ1v) is 12.7. The Labute approximate surface area is 215 Å². The van der Waals surface area contributed by atoms with Crippen molar-refractivity contribution in [3.05, 3.63) is 70.1 Å². The molecule has 0 N–H and O–H groups in total. The standard InChI is InChI=1S/C29H32N2O6/c1-20-5-3-4-6-24(20)36-18-26(32)30-12-9-29(10-13-30)11-14-31(19-29)27(33)17-35-22-7-8-23-21(2)15-28(34)37-25(23)16-22/h3-8,15-16H,9-14,17-19H2,1-2H3. The zero-order valence-corrected chi connectivity index (χ0v) is 21.3. The van der Waals surface area contributed by atoms with Crippen LogP contribution in [0.25, 0.3) is 11.0 Å². The quantitative estimate of drug-likeness (QED) is 0.476. The number of likely N-dealkylation sites (tertiary alicyclic amines) is 2. The van der Waals surface area contributed by atoms with Crippen molar-refractivity contribution in [1.29, 1.82) is 0 Å². The van der Waals surface area contributed by atoms with Gasteiger partial charge in [-0.05, 0) is 67.9 Å². The van der Waals surface area contributed by atoms with Crippen LogP contribution in [0.4, 0.5) is 0 Å². The third-order valence-corrected chi connectivity index (χ3v) is 7.70. The van der Waals surface area contributed by atoms with Gasteiger partial charge in [-0.1, -0.05) is 18.2 Å². The van der Waals surface area contributed by atoms with Crippen LogP contribution in [-0.4, -0.2) is 61.0 Å². The highest BCUT2D eigenvalue weighted by atomic mass is 16.5. The molecule has 2 aromatic carbocycles. The summed E-state index contributed by atoms with van der Waals surface area (Å²) < 4.78 is 16.7. The Balaban J connectivity index is 1.10. The molecular weight excluding hydrogens is 472 g/mol. The van der Waals surface area contributed by atoms with E-state index in [1.54, 1.807) is 12.1 Å². The van der Waals surface area contributed by atoms with Crippen molar-refractivity contribution in [2.75, 3.05) is 39.4 Å². The lowest BCUT2D eigenvalue weighted by atomic mass is 9.78. The van der Waals surface area contributed by atoms with Gasteiger partial charge in [0, 0.05) is 43.7 Å². The lowest BCUT2D eigenvalue weighted by Crippen LogP contribution is -2.46. The second-order valence-electron chi connectivity index (χ2n) is 10.2. The molecule has 1 aromatic heterocycles. The number of fused-ring (bicyclic) bond motifs is 1. The molecule has 0 aliphatic carbocycles. The van der Waals surface area contributed by atoms with Crippen molar-refractivity contribution in [3.8, 4) is 11.5 Å². The minimum absolute atomic E-state index is 0.00107. The smallest absolute Gasteiger partial charge is 0.336 e. The number of benzene rings is 2. The van der Waals surface area contributed by atoms with Crippen LogP contribution in [0, 0.1) is 19.3 Å². The molecule has 0 unspecified atom stereocenters. The van der Waals surface area contributed by atoms with Crippen molar-refractivity contribution in [1.82, 2.24) is 9.80 Å². The first-order chi connectivity index (χ1) is 17.8. The number of carbonyl (C=O) groups excluding carboxylic acids is 2. The van der Waals surface area contributed by atoms with Crippen LogP contribution in [0.3, 0.4) is 0 Å². The summed E-state index contributed by atoms with van der Waals surface area (Å²) in [4.78, 5) is 41.0. The number of para-hydroxylation sites is 1. The topological polar surface area (TPSA) is 89.3 Å². The molecule has 5 rings (SSSR count). The van der Waals surface area contributed by atoms with E-state index in [4.69, 9.17) is 13.9 Å². The number of aryl methyl sites for hydroxylation is 2. The van der Waals surface area contributed by atoms with E-state index in [-0.39, 0.29) is 30.4 Å². The van der Waals surface area contributed by atoms with Crippen molar-refractivity contribution < 1.29 is 23.5 Å². The predicted molar refractivity (Wildman–Crippen MR) is 139 cm³/mol. The van der Waals surface area contributed by atoms with E-state index in [1.165, 1.54) is 6.07 Å². The number of piperidine rings is 1. The van der Waals surface area contributed by atoms with Gasteiger partial charge in [-0.2, -0.15) is 0 Å². The minimum Gasteiger partial charge on any atom is -0.484 e. The summed E-state index contributed by atoms with van der Waals surface area (Å²) >= 11 is 0. The lowest BCUT2D eigenvalue weighted by molar-refractivity contribution is -0.136. The van der Waals surface area contributed by atoms with Crippen molar-refractivity contribution in [3.63, 3.8) is 0 Å². The minimum atomic E-state index is -0.410. The van der Waals surface area contributed by atoms with Crippen LogP contribution < -0.4 is 15.1 Å². The predicted octanol–water partition coefficient (Wildman–Crippen LogP) is 3.71. The van der Waals surface area contributed by atoms with Gasteiger partial charge in [0.25, 0.3) is 11.8 Å². The number of hydrogen-bond acceptors (Lipinski definition) is 6. The maximum Gasteiger partial charge on any atom is 0.336 e. The SMILES string of the molecule is Cc1ccccc1OCC(=O)N1CCC2(CC1)CCN(C(=O)COc1ccc3c(C)cc(=O)oc3c1)C2. The van der Waals surface area contributed by atoms with E-state index in [1.807, 2.05) is 54.0 Å². The van der Waals surface area contributed by atoms with Gasteiger partial charge in [0.05, 0.1) is 0 Å². The Kier molecular flexibility index (Phi) is 6.91. The highest BCUT2D eigenvalue weighted by Gasteiger charge is 2.42. The second kappa shape index (κ2) is 10.3. The fourth-order valence-corrected chi connectivity index (χ4v) is 5.37.